The zero-order valence-electron chi connectivity index (χ0n) is 14.2. The summed E-state index contributed by atoms with van der Waals surface area (Å²) in [6.45, 7) is 4.04. The first-order chi connectivity index (χ1) is 12.6. The molecule has 4 rings (SSSR count). The van der Waals surface area contributed by atoms with E-state index in [9.17, 15) is 4.79 Å². The SMILES string of the molecule is C=CCC(=O)NCC1Cc2cc(Cl)cc(-c3ccc4[nH]ccc4c3)c2O1. The van der Waals surface area contributed by atoms with E-state index in [0.29, 0.717) is 18.0 Å². The van der Waals surface area contributed by atoms with Crippen LogP contribution < -0.4 is 10.1 Å². The molecular weight excluding hydrogens is 348 g/mol. The Hall–Kier alpha value is -2.72. The highest BCUT2D eigenvalue weighted by atomic mass is 35.5. The minimum absolute atomic E-state index is 0.0456. The molecule has 4 nitrogen and oxygen atoms in total. The van der Waals surface area contributed by atoms with Gasteiger partial charge in [0.05, 0.1) is 6.54 Å². The lowest BCUT2D eigenvalue weighted by atomic mass is 9.99. The number of aromatic nitrogens is 1. The summed E-state index contributed by atoms with van der Waals surface area (Å²) in [5.74, 6) is 0.808. The Balaban J connectivity index is 1.61. The number of ether oxygens (including phenoxy) is 1. The molecule has 2 heterocycles. The van der Waals surface area contributed by atoms with Crippen molar-refractivity contribution in [1.82, 2.24) is 10.3 Å². The Morgan fingerprint density at radius 3 is 3.08 bits per heavy atom. The summed E-state index contributed by atoms with van der Waals surface area (Å²) >= 11 is 6.35. The van der Waals surface area contributed by atoms with E-state index in [1.807, 2.05) is 24.4 Å². The molecule has 2 aromatic carbocycles. The van der Waals surface area contributed by atoms with Crippen LogP contribution in [0, 0.1) is 0 Å². The minimum Gasteiger partial charge on any atom is -0.487 e. The Kier molecular flexibility index (Phi) is 4.43. The van der Waals surface area contributed by atoms with Crippen molar-refractivity contribution in [1.29, 1.82) is 0 Å². The van der Waals surface area contributed by atoms with Crippen molar-refractivity contribution >= 4 is 28.4 Å². The third kappa shape index (κ3) is 3.20. The van der Waals surface area contributed by atoms with Gasteiger partial charge in [-0.15, -0.1) is 6.58 Å². The van der Waals surface area contributed by atoms with E-state index in [1.54, 1.807) is 6.08 Å². The Labute approximate surface area is 156 Å². The number of halogens is 1. The number of carbonyl (C=O) groups is 1. The normalized spacial score (nSPS) is 15.5. The summed E-state index contributed by atoms with van der Waals surface area (Å²) < 4.78 is 6.16. The second-order valence-electron chi connectivity index (χ2n) is 6.46. The maximum atomic E-state index is 11.7. The number of fused-ring (bicyclic) bond motifs is 2. The van der Waals surface area contributed by atoms with E-state index in [-0.39, 0.29) is 12.0 Å². The molecular formula is C21H19ClN2O2. The zero-order chi connectivity index (χ0) is 18.1. The van der Waals surface area contributed by atoms with Crippen LogP contribution in [0.3, 0.4) is 0 Å². The number of hydrogen-bond donors (Lipinski definition) is 2. The number of hydrogen-bond acceptors (Lipinski definition) is 2. The molecule has 1 aliphatic rings. The first-order valence-corrected chi connectivity index (χ1v) is 8.96. The van der Waals surface area contributed by atoms with Crippen LogP contribution >= 0.6 is 11.6 Å². The Morgan fingerprint density at radius 2 is 2.23 bits per heavy atom. The topological polar surface area (TPSA) is 54.1 Å². The number of carbonyl (C=O) groups excluding carboxylic acids is 1. The van der Waals surface area contributed by atoms with Crippen LogP contribution in [0.15, 0.2) is 55.3 Å². The standard InChI is InChI=1S/C21H19ClN2O2/c1-2-3-20(25)24-12-17-10-15-9-16(22)11-18(21(15)26-17)13-4-5-19-14(8-13)6-7-23-19/h2,4-9,11,17,23H,1,3,10,12H2,(H,24,25). The molecule has 26 heavy (non-hydrogen) atoms. The number of nitrogens with one attached hydrogen (secondary N) is 2. The molecule has 2 N–H and O–H groups in total. The monoisotopic (exact) mass is 366 g/mol. The number of H-pyrrole nitrogens is 1. The van der Waals surface area contributed by atoms with Gasteiger partial charge in [-0.2, -0.15) is 0 Å². The summed E-state index contributed by atoms with van der Waals surface area (Å²) in [6.07, 6.45) is 4.47. The van der Waals surface area contributed by atoms with Crippen LogP contribution in [-0.4, -0.2) is 23.5 Å². The van der Waals surface area contributed by atoms with E-state index in [1.165, 1.54) is 0 Å². The van der Waals surface area contributed by atoms with Gasteiger partial charge in [0, 0.05) is 40.7 Å². The predicted octanol–water partition coefficient (Wildman–Crippen LogP) is 4.48. The second kappa shape index (κ2) is 6.89. The van der Waals surface area contributed by atoms with Gasteiger partial charge in [0.1, 0.15) is 11.9 Å². The summed E-state index contributed by atoms with van der Waals surface area (Å²) in [4.78, 5) is 14.9. The Morgan fingerprint density at radius 1 is 1.35 bits per heavy atom. The quantitative estimate of drug-likeness (QED) is 0.654. The number of benzene rings is 2. The van der Waals surface area contributed by atoms with Crippen LogP contribution in [0.4, 0.5) is 0 Å². The van der Waals surface area contributed by atoms with Crippen LogP contribution in [0.25, 0.3) is 22.0 Å². The van der Waals surface area contributed by atoms with Gasteiger partial charge in [-0.1, -0.05) is 23.7 Å². The molecule has 1 atom stereocenters. The van der Waals surface area contributed by atoms with Gasteiger partial charge in [-0.25, -0.2) is 0 Å². The maximum Gasteiger partial charge on any atom is 0.223 e. The van der Waals surface area contributed by atoms with E-state index in [2.05, 4.69) is 35.1 Å². The average molecular weight is 367 g/mol. The van der Waals surface area contributed by atoms with Crippen molar-refractivity contribution in [3.8, 4) is 16.9 Å². The van der Waals surface area contributed by atoms with Crippen molar-refractivity contribution < 1.29 is 9.53 Å². The summed E-state index contributed by atoms with van der Waals surface area (Å²) in [6, 6.07) is 12.2. The van der Waals surface area contributed by atoms with Crippen LogP contribution in [0.2, 0.25) is 5.02 Å². The summed E-state index contributed by atoms with van der Waals surface area (Å²) in [5, 5.41) is 4.71. The van der Waals surface area contributed by atoms with Crippen LogP contribution in [0.5, 0.6) is 5.75 Å². The molecule has 0 bridgehead atoms. The van der Waals surface area contributed by atoms with Crippen molar-refractivity contribution in [3.05, 3.63) is 65.8 Å². The largest absolute Gasteiger partial charge is 0.487 e. The molecule has 0 aliphatic carbocycles. The molecule has 1 unspecified atom stereocenters. The van der Waals surface area contributed by atoms with E-state index >= 15 is 0 Å². The number of amides is 1. The second-order valence-corrected chi connectivity index (χ2v) is 6.90. The summed E-state index contributed by atoms with van der Waals surface area (Å²) in [7, 11) is 0. The molecule has 0 spiro atoms. The molecule has 3 aromatic rings. The highest BCUT2D eigenvalue weighted by Gasteiger charge is 2.27. The molecule has 1 aliphatic heterocycles. The first-order valence-electron chi connectivity index (χ1n) is 8.58. The van der Waals surface area contributed by atoms with Gasteiger partial charge >= 0.3 is 0 Å². The fraction of sp³-hybridized carbons (Fsp3) is 0.190. The predicted molar refractivity (Wildman–Crippen MR) is 105 cm³/mol. The van der Waals surface area contributed by atoms with Gasteiger partial charge in [-0.3, -0.25) is 4.79 Å². The molecule has 1 aromatic heterocycles. The van der Waals surface area contributed by atoms with Crippen molar-refractivity contribution in [2.24, 2.45) is 0 Å². The van der Waals surface area contributed by atoms with Gasteiger partial charge in [-0.05, 0) is 41.3 Å². The van der Waals surface area contributed by atoms with Crippen molar-refractivity contribution in [2.45, 2.75) is 18.9 Å². The summed E-state index contributed by atoms with van der Waals surface area (Å²) in [5.41, 5.74) is 4.21. The fourth-order valence-corrected chi connectivity index (χ4v) is 3.62. The molecule has 0 saturated carbocycles. The zero-order valence-corrected chi connectivity index (χ0v) is 15.0. The fourth-order valence-electron chi connectivity index (χ4n) is 3.37. The van der Waals surface area contributed by atoms with E-state index < -0.39 is 0 Å². The third-order valence-corrected chi connectivity index (χ3v) is 4.80. The van der Waals surface area contributed by atoms with Crippen molar-refractivity contribution in [3.63, 3.8) is 0 Å². The van der Waals surface area contributed by atoms with Crippen LogP contribution in [0.1, 0.15) is 12.0 Å². The van der Waals surface area contributed by atoms with Crippen molar-refractivity contribution in [2.75, 3.05) is 6.54 Å². The smallest absolute Gasteiger partial charge is 0.223 e. The maximum absolute atomic E-state index is 11.7. The molecule has 1 amide bonds. The lowest BCUT2D eigenvalue weighted by molar-refractivity contribution is -0.120. The van der Waals surface area contributed by atoms with Gasteiger partial charge < -0.3 is 15.0 Å². The van der Waals surface area contributed by atoms with E-state index in [0.717, 1.165) is 39.8 Å². The molecule has 0 fully saturated rings. The number of rotatable bonds is 5. The lowest BCUT2D eigenvalue weighted by Gasteiger charge is -2.14. The molecule has 5 heteroatoms. The number of aromatic amines is 1. The highest BCUT2D eigenvalue weighted by molar-refractivity contribution is 6.31. The minimum atomic E-state index is -0.0908. The van der Waals surface area contributed by atoms with Crippen LogP contribution in [-0.2, 0) is 11.2 Å². The van der Waals surface area contributed by atoms with E-state index in [4.69, 9.17) is 16.3 Å². The molecule has 0 radical (unpaired) electrons. The lowest BCUT2D eigenvalue weighted by Crippen LogP contribution is -2.34. The Bertz CT molecular complexity index is 993. The van der Waals surface area contributed by atoms with Gasteiger partial charge in [0.2, 0.25) is 5.91 Å². The molecule has 132 valence electrons. The first kappa shape index (κ1) is 16.7. The molecule has 0 saturated heterocycles. The average Bonchev–Trinajstić information content (AvgIpc) is 3.25. The third-order valence-electron chi connectivity index (χ3n) is 4.58. The van der Waals surface area contributed by atoms with Gasteiger partial charge in [0.15, 0.2) is 0 Å². The van der Waals surface area contributed by atoms with Gasteiger partial charge in [0.25, 0.3) is 0 Å². The highest BCUT2D eigenvalue weighted by Crippen LogP contribution is 2.41.